The van der Waals surface area contributed by atoms with E-state index in [4.69, 9.17) is 9.47 Å². The second-order valence-corrected chi connectivity index (χ2v) is 5.10. The predicted octanol–water partition coefficient (Wildman–Crippen LogP) is 2.31. The number of halogens is 1. The Balaban J connectivity index is 2.92. The molecule has 0 aromatic carbocycles. The molecule has 1 aliphatic rings. The van der Waals surface area contributed by atoms with E-state index in [1.807, 2.05) is 0 Å². The van der Waals surface area contributed by atoms with Crippen molar-refractivity contribution in [1.82, 2.24) is 0 Å². The summed E-state index contributed by atoms with van der Waals surface area (Å²) in [6.45, 7) is 4.21. The molecule has 0 bridgehead atoms. The zero-order chi connectivity index (χ0) is 12.1. The van der Waals surface area contributed by atoms with E-state index in [2.05, 4.69) is 46.4 Å². The molecule has 0 unspecified atom stereocenters. The maximum Gasteiger partial charge on any atom is 0.209 e. The van der Waals surface area contributed by atoms with Crippen LogP contribution in [0.5, 0.6) is 0 Å². The van der Waals surface area contributed by atoms with E-state index in [1.54, 1.807) is 14.2 Å². The highest BCUT2D eigenvalue weighted by atomic mass is 127. The van der Waals surface area contributed by atoms with Gasteiger partial charge >= 0.3 is 0 Å². The van der Waals surface area contributed by atoms with Gasteiger partial charge in [-0.2, -0.15) is 0 Å². The molecule has 1 heterocycles. The van der Waals surface area contributed by atoms with Crippen molar-refractivity contribution >= 4 is 34.4 Å². The number of methoxy groups -OCH3 is 2. The molecular weight excluding hydrogens is 319 g/mol. The molecule has 0 aliphatic carbocycles. The summed E-state index contributed by atoms with van der Waals surface area (Å²) in [7, 11) is 3.31. The highest BCUT2D eigenvalue weighted by Gasteiger charge is 2.30. The number of aliphatic imine (C=N–C) groups is 2. The van der Waals surface area contributed by atoms with E-state index in [9.17, 15) is 0 Å². The van der Waals surface area contributed by atoms with Gasteiger partial charge in [-0.3, -0.25) is 0 Å². The molecule has 0 radical (unpaired) electrons. The number of rotatable bonds is 3. The number of alkyl halides is 1. The van der Waals surface area contributed by atoms with Gasteiger partial charge in [0, 0.05) is 4.43 Å². The predicted molar refractivity (Wildman–Crippen MR) is 74.8 cm³/mol. The Morgan fingerprint density at radius 3 is 2.25 bits per heavy atom. The van der Waals surface area contributed by atoms with Gasteiger partial charge in [-0.05, 0) is 12.3 Å². The van der Waals surface area contributed by atoms with Crippen LogP contribution in [0.1, 0.15) is 20.3 Å². The number of ether oxygens (including phenoxy) is 2. The molecule has 0 N–H and O–H groups in total. The summed E-state index contributed by atoms with van der Waals surface area (Å²) in [6, 6.07) is 0.0114. The zero-order valence-corrected chi connectivity index (χ0v) is 12.4. The molecule has 1 aliphatic heterocycles. The molecule has 0 spiro atoms. The van der Waals surface area contributed by atoms with Crippen molar-refractivity contribution in [2.24, 2.45) is 15.9 Å². The van der Waals surface area contributed by atoms with E-state index in [1.165, 1.54) is 0 Å². The van der Waals surface area contributed by atoms with Crippen LogP contribution in [0.2, 0.25) is 0 Å². The first-order valence-electron chi connectivity index (χ1n) is 5.43. The Morgan fingerprint density at radius 2 is 1.81 bits per heavy atom. The van der Waals surface area contributed by atoms with Gasteiger partial charge < -0.3 is 9.47 Å². The Labute approximate surface area is 111 Å². The topological polar surface area (TPSA) is 43.2 Å². The van der Waals surface area contributed by atoms with Crippen LogP contribution in [-0.4, -0.2) is 42.5 Å². The summed E-state index contributed by atoms with van der Waals surface area (Å²) in [5.41, 5.74) is 0. The average molecular weight is 338 g/mol. The van der Waals surface area contributed by atoms with Gasteiger partial charge in [-0.15, -0.1) is 0 Å². The first kappa shape index (κ1) is 13.7. The van der Waals surface area contributed by atoms with Gasteiger partial charge in [-0.1, -0.05) is 36.4 Å². The first-order chi connectivity index (χ1) is 7.63. The number of hydrogen-bond donors (Lipinski definition) is 0. The molecule has 5 heteroatoms. The lowest BCUT2D eigenvalue weighted by molar-refractivity contribution is 0.332. The monoisotopic (exact) mass is 338 g/mol. The van der Waals surface area contributed by atoms with Crippen LogP contribution in [0.4, 0.5) is 0 Å². The molecule has 4 nitrogen and oxygen atoms in total. The third-order valence-electron chi connectivity index (χ3n) is 2.52. The van der Waals surface area contributed by atoms with Crippen molar-refractivity contribution in [3.8, 4) is 0 Å². The molecule has 0 saturated carbocycles. The summed E-state index contributed by atoms with van der Waals surface area (Å²) in [6.07, 6.45) is 0.935. The molecule has 1 rings (SSSR count). The second kappa shape index (κ2) is 6.42. The molecule has 0 saturated heterocycles. The fraction of sp³-hybridized carbons (Fsp3) is 0.818. The Bertz CT molecular complexity index is 290. The SMILES string of the molecule is COC1=N[C@H](C(C)C)C(OC)=N[C@H]1CCI. The van der Waals surface area contributed by atoms with Crippen molar-refractivity contribution in [3.05, 3.63) is 0 Å². The third kappa shape index (κ3) is 3.09. The maximum absolute atomic E-state index is 5.32. The first-order valence-corrected chi connectivity index (χ1v) is 6.95. The largest absolute Gasteiger partial charge is 0.483 e. The number of hydrogen-bond acceptors (Lipinski definition) is 4. The summed E-state index contributed by atoms with van der Waals surface area (Å²) in [5, 5.41) is 0. The minimum atomic E-state index is -0.00888. The lowest BCUT2D eigenvalue weighted by Crippen LogP contribution is -2.37. The maximum atomic E-state index is 5.32. The van der Waals surface area contributed by atoms with Gasteiger partial charge in [0.25, 0.3) is 0 Å². The molecule has 92 valence electrons. The number of nitrogens with zero attached hydrogens (tertiary/aromatic N) is 2. The quantitative estimate of drug-likeness (QED) is 0.585. The summed E-state index contributed by atoms with van der Waals surface area (Å²) < 4.78 is 11.7. The minimum Gasteiger partial charge on any atom is -0.483 e. The average Bonchev–Trinajstić information content (AvgIpc) is 2.28. The molecular formula is C11H19IN2O2. The highest BCUT2D eigenvalue weighted by Crippen LogP contribution is 2.19. The smallest absolute Gasteiger partial charge is 0.209 e. The molecule has 0 aromatic rings. The Kier molecular flexibility index (Phi) is 5.51. The van der Waals surface area contributed by atoms with Crippen molar-refractivity contribution in [3.63, 3.8) is 0 Å². The zero-order valence-electron chi connectivity index (χ0n) is 10.2. The van der Waals surface area contributed by atoms with Crippen LogP contribution >= 0.6 is 22.6 Å². The van der Waals surface area contributed by atoms with Crippen LogP contribution in [0, 0.1) is 5.92 Å². The fourth-order valence-corrected chi connectivity index (χ4v) is 2.24. The van der Waals surface area contributed by atoms with Crippen molar-refractivity contribution in [1.29, 1.82) is 0 Å². The molecule has 16 heavy (non-hydrogen) atoms. The summed E-state index contributed by atoms with van der Waals surface area (Å²) in [4.78, 5) is 9.17. The highest BCUT2D eigenvalue weighted by molar-refractivity contribution is 14.1. The summed E-state index contributed by atoms with van der Waals surface area (Å²) in [5.74, 6) is 1.83. The van der Waals surface area contributed by atoms with Crippen LogP contribution < -0.4 is 0 Å². The van der Waals surface area contributed by atoms with E-state index < -0.39 is 0 Å². The van der Waals surface area contributed by atoms with Crippen molar-refractivity contribution < 1.29 is 9.47 Å². The van der Waals surface area contributed by atoms with Gasteiger partial charge in [0.1, 0.15) is 12.1 Å². The summed E-state index contributed by atoms with van der Waals surface area (Å²) >= 11 is 2.33. The van der Waals surface area contributed by atoms with E-state index >= 15 is 0 Å². The van der Waals surface area contributed by atoms with Gasteiger partial charge in [0.15, 0.2) is 0 Å². The normalized spacial score (nSPS) is 25.1. The van der Waals surface area contributed by atoms with Crippen molar-refractivity contribution in [2.45, 2.75) is 32.4 Å². The minimum absolute atomic E-state index is 0.00888. The lowest BCUT2D eigenvalue weighted by atomic mass is 10.0. The standard InChI is InChI=1S/C11H19IN2O2/c1-7(2)9-11(16-4)13-8(5-6-12)10(14-9)15-3/h7-9H,5-6H2,1-4H3/t8-,9+/m0/s1. The van der Waals surface area contributed by atoms with E-state index in [0.29, 0.717) is 5.92 Å². The fourth-order valence-electron chi connectivity index (χ4n) is 1.65. The van der Waals surface area contributed by atoms with Crippen LogP contribution in [0.15, 0.2) is 9.98 Å². The van der Waals surface area contributed by atoms with E-state index in [-0.39, 0.29) is 12.1 Å². The molecule has 2 atom stereocenters. The Morgan fingerprint density at radius 1 is 1.19 bits per heavy atom. The van der Waals surface area contributed by atoms with E-state index in [0.717, 1.165) is 22.6 Å². The molecule has 0 aromatic heterocycles. The molecule has 0 amide bonds. The van der Waals surface area contributed by atoms with Crippen LogP contribution in [-0.2, 0) is 9.47 Å². The van der Waals surface area contributed by atoms with Gasteiger partial charge in [0.05, 0.1) is 14.2 Å². The molecule has 0 fully saturated rings. The third-order valence-corrected chi connectivity index (χ3v) is 3.14. The van der Waals surface area contributed by atoms with Crippen LogP contribution in [0.25, 0.3) is 0 Å². The van der Waals surface area contributed by atoms with Gasteiger partial charge in [-0.25, -0.2) is 9.98 Å². The second-order valence-electron chi connectivity index (χ2n) is 4.03. The van der Waals surface area contributed by atoms with Crippen LogP contribution in [0.3, 0.4) is 0 Å². The van der Waals surface area contributed by atoms with Gasteiger partial charge in [0.2, 0.25) is 11.8 Å². The lowest BCUT2D eigenvalue weighted by Gasteiger charge is -2.26. The Hall–Kier alpha value is -0.330. The van der Waals surface area contributed by atoms with Crippen molar-refractivity contribution in [2.75, 3.05) is 18.6 Å².